The molecule has 4 nitrogen and oxygen atoms in total. The highest BCUT2D eigenvalue weighted by molar-refractivity contribution is 4.83. The highest BCUT2D eigenvalue weighted by Gasteiger charge is 2.24. The molecule has 18 heavy (non-hydrogen) atoms. The van der Waals surface area contributed by atoms with E-state index < -0.39 is 0 Å². The molecule has 1 rings (SSSR count). The van der Waals surface area contributed by atoms with Crippen LogP contribution in [0.4, 0.5) is 0 Å². The van der Waals surface area contributed by atoms with Crippen LogP contribution in [0.1, 0.15) is 26.7 Å². The van der Waals surface area contributed by atoms with Crippen LogP contribution in [0.15, 0.2) is 0 Å². The quantitative estimate of drug-likeness (QED) is 0.657. The molecule has 0 aliphatic carbocycles. The fourth-order valence-corrected chi connectivity index (χ4v) is 2.55. The second-order valence-corrected chi connectivity index (χ2v) is 5.46. The van der Waals surface area contributed by atoms with E-state index in [1.165, 1.54) is 26.1 Å². The average Bonchev–Trinajstić information content (AvgIpc) is 2.34. The molecule has 0 saturated carbocycles. The largest absolute Gasteiger partial charge is 0.380 e. The number of nitrogens with one attached hydrogen (secondary N) is 1. The van der Waals surface area contributed by atoms with Crippen LogP contribution in [0.25, 0.3) is 0 Å². The third-order valence-electron chi connectivity index (χ3n) is 3.70. The Morgan fingerprint density at radius 3 is 2.72 bits per heavy atom. The van der Waals surface area contributed by atoms with E-state index in [4.69, 9.17) is 4.74 Å². The van der Waals surface area contributed by atoms with Gasteiger partial charge in [-0.25, -0.2) is 0 Å². The van der Waals surface area contributed by atoms with Crippen LogP contribution in [0.5, 0.6) is 0 Å². The van der Waals surface area contributed by atoms with Crippen molar-refractivity contribution in [3.8, 4) is 0 Å². The summed E-state index contributed by atoms with van der Waals surface area (Å²) in [5, 5.41) is 3.55. The van der Waals surface area contributed by atoms with Crippen LogP contribution < -0.4 is 5.32 Å². The predicted molar refractivity (Wildman–Crippen MR) is 77.1 cm³/mol. The van der Waals surface area contributed by atoms with Gasteiger partial charge in [-0.2, -0.15) is 0 Å². The molecule has 2 atom stereocenters. The molecule has 1 heterocycles. The highest BCUT2D eigenvalue weighted by Crippen LogP contribution is 2.12. The van der Waals surface area contributed by atoms with E-state index in [2.05, 4.69) is 43.1 Å². The number of hydrogen-bond acceptors (Lipinski definition) is 4. The molecule has 4 heteroatoms. The predicted octanol–water partition coefficient (Wildman–Crippen LogP) is 1.03. The Labute approximate surface area is 113 Å². The van der Waals surface area contributed by atoms with Crippen molar-refractivity contribution in [2.75, 3.05) is 53.5 Å². The van der Waals surface area contributed by atoms with Gasteiger partial charge in [0, 0.05) is 38.3 Å². The maximum atomic E-state index is 5.71. The SMILES string of the molecule is CCCOCC(CC1CN(C)CCN1C)NCC. The lowest BCUT2D eigenvalue weighted by molar-refractivity contribution is 0.0711. The van der Waals surface area contributed by atoms with Gasteiger partial charge in [0.25, 0.3) is 0 Å². The smallest absolute Gasteiger partial charge is 0.0620 e. The molecule has 1 fully saturated rings. The van der Waals surface area contributed by atoms with Crippen LogP contribution >= 0.6 is 0 Å². The molecule has 1 aliphatic heterocycles. The number of nitrogens with zero attached hydrogens (tertiary/aromatic N) is 2. The monoisotopic (exact) mass is 257 g/mol. The van der Waals surface area contributed by atoms with Crippen molar-refractivity contribution in [2.45, 2.75) is 38.8 Å². The van der Waals surface area contributed by atoms with Gasteiger partial charge in [-0.3, -0.25) is 0 Å². The third-order valence-corrected chi connectivity index (χ3v) is 3.70. The maximum Gasteiger partial charge on any atom is 0.0620 e. The van der Waals surface area contributed by atoms with Crippen molar-refractivity contribution in [3.05, 3.63) is 0 Å². The Balaban J connectivity index is 2.37. The Morgan fingerprint density at radius 2 is 2.06 bits per heavy atom. The van der Waals surface area contributed by atoms with Gasteiger partial charge in [-0.15, -0.1) is 0 Å². The lowest BCUT2D eigenvalue weighted by Crippen LogP contribution is -2.52. The summed E-state index contributed by atoms with van der Waals surface area (Å²) < 4.78 is 5.71. The van der Waals surface area contributed by atoms with Crippen LogP contribution in [-0.4, -0.2) is 75.4 Å². The topological polar surface area (TPSA) is 27.7 Å². The maximum absolute atomic E-state index is 5.71. The summed E-state index contributed by atoms with van der Waals surface area (Å²) in [5.74, 6) is 0. The van der Waals surface area contributed by atoms with Crippen LogP contribution in [-0.2, 0) is 4.74 Å². The van der Waals surface area contributed by atoms with Crippen LogP contribution in [0.3, 0.4) is 0 Å². The lowest BCUT2D eigenvalue weighted by Gasteiger charge is -2.39. The summed E-state index contributed by atoms with van der Waals surface area (Å²) in [6, 6.07) is 1.14. The first kappa shape index (κ1) is 15.9. The van der Waals surface area contributed by atoms with E-state index in [1.807, 2.05) is 0 Å². The first-order valence-corrected chi connectivity index (χ1v) is 7.37. The van der Waals surface area contributed by atoms with Gasteiger partial charge in [-0.05, 0) is 33.5 Å². The molecule has 1 aliphatic rings. The minimum absolute atomic E-state index is 0.487. The molecule has 1 N–H and O–H groups in total. The Morgan fingerprint density at radius 1 is 1.28 bits per heavy atom. The second-order valence-electron chi connectivity index (χ2n) is 5.46. The summed E-state index contributed by atoms with van der Waals surface area (Å²) >= 11 is 0. The molecule has 0 aromatic rings. The van der Waals surface area contributed by atoms with E-state index in [9.17, 15) is 0 Å². The van der Waals surface area contributed by atoms with Gasteiger partial charge >= 0.3 is 0 Å². The van der Waals surface area contributed by atoms with Crippen LogP contribution in [0.2, 0.25) is 0 Å². The molecule has 0 aromatic heterocycles. The van der Waals surface area contributed by atoms with Gasteiger partial charge in [0.05, 0.1) is 6.61 Å². The average molecular weight is 257 g/mol. The van der Waals surface area contributed by atoms with Gasteiger partial charge in [0.1, 0.15) is 0 Å². The lowest BCUT2D eigenvalue weighted by atomic mass is 10.0. The number of hydrogen-bond donors (Lipinski definition) is 1. The minimum Gasteiger partial charge on any atom is -0.380 e. The molecule has 0 spiro atoms. The van der Waals surface area contributed by atoms with E-state index in [1.54, 1.807) is 0 Å². The van der Waals surface area contributed by atoms with Crippen molar-refractivity contribution in [2.24, 2.45) is 0 Å². The normalized spacial score (nSPS) is 24.3. The van der Waals surface area contributed by atoms with Crippen molar-refractivity contribution in [1.82, 2.24) is 15.1 Å². The highest BCUT2D eigenvalue weighted by atomic mass is 16.5. The summed E-state index contributed by atoms with van der Waals surface area (Å²) in [4.78, 5) is 4.92. The van der Waals surface area contributed by atoms with Gasteiger partial charge in [0.2, 0.25) is 0 Å². The van der Waals surface area contributed by atoms with E-state index >= 15 is 0 Å². The zero-order valence-electron chi connectivity index (χ0n) is 12.6. The molecular formula is C14H31N3O. The molecule has 1 saturated heterocycles. The first-order valence-electron chi connectivity index (χ1n) is 7.37. The van der Waals surface area contributed by atoms with Gasteiger partial charge < -0.3 is 19.9 Å². The van der Waals surface area contributed by atoms with Crippen molar-refractivity contribution >= 4 is 0 Å². The van der Waals surface area contributed by atoms with Crippen LogP contribution in [0, 0.1) is 0 Å². The Hall–Kier alpha value is -0.160. The molecule has 0 radical (unpaired) electrons. The number of piperazine rings is 1. The summed E-state index contributed by atoms with van der Waals surface area (Å²) in [5.41, 5.74) is 0. The van der Waals surface area contributed by atoms with Crippen molar-refractivity contribution < 1.29 is 4.74 Å². The van der Waals surface area contributed by atoms with Crippen molar-refractivity contribution in [3.63, 3.8) is 0 Å². The molecule has 0 bridgehead atoms. The molecule has 2 unspecified atom stereocenters. The molecule has 0 aromatic carbocycles. The van der Waals surface area contributed by atoms with Gasteiger partial charge in [0.15, 0.2) is 0 Å². The molecule has 108 valence electrons. The van der Waals surface area contributed by atoms with E-state index in [0.29, 0.717) is 12.1 Å². The zero-order chi connectivity index (χ0) is 13.4. The minimum atomic E-state index is 0.487. The Bertz CT molecular complexity index is 213. The van der Waals surface area contributed by atoms with E-state index in [0.717, 1.165) is 26.2 Å². The molecule has 0 amide bonds. The Kier molecular flexibility index (Phi) is 7.82. The number of rotatable bonds is 8. The summed E-state index contributed by atoms with van der Waals surface area (Å²) in [6.07, 6.45) is 2.28. The van der Waals surface area contributed by atoms with Crippen molar-refractivity contribution in [1.29, 1.82) is 0 Å². The summed E-state index contributed by atoms with van der Waals surface area (Å²) in [7, 11) is 4.46. The van der Waals surface area contributed by atoms with Gasteiger partial charge in [-0.1, -0.05) is 13.8 Å². The zero-order valence-corrected chi connectivity index (χ0v) is 12.6. The summed E-state index contributed by atoms with van der Waals surface area (Å²) in [6.45, 7) is 10.6. The number of ether oxygens (including phenoxy) is 1. The first-order chi connectivity index (χ1) is 8.67. The third kappa shape index (κ3) is 5.65. The van der Waals surface area contributed by atoms with E-state index in [-0.39, 0.29) is 0 Å². The second kappa shape index (κ2) is 8.86. The fraction of sp³-hybridized carbons (Fsp3) is 1.00. The number of likely N-dealkylation sites (N-methyl/N-ethyl adjacent to an activating group) is 3. The standard InChI is InChI=1S/C14H31N3O/c1-5-9-18-12-13(15-6-2)10-14-11-16(3)7-8-17(14)4/h13-15H,5-12H2,1-4H3. The fourth-order valence-electron chi connectivity index (χ4n) is 2.55. The molecular weight excluding hydrogens is 226 g/mol.